The molecule has 1 amide bonds. The summed E-state index contributed by atoms with van der Waals surface area (Å²) in [7, 11) is 0. The average molecular weight is 170 g/mol. The van der Waals surface area contributed by atoms with Gasteiger partial charge in [-0.3, -0.25) is 4.79 Å². The van der Waals surface area contributed by atoms with Gasteiger partial charge in [0.15, 0.2) is 0 Å². The monoisotopic (exact) mass is 170 g/mol. The highest BCUT2D eigenvalue weighted by atomic mass is 16.5. The fraction of sp³-hybridized carbons (Fsp3) is 0.625. The molecule has 1 aliphatic rings. The van der Waals surface area contributed by atoms with Crippen LogP contribution in [-0.2, 0) is 9.53 Å². The number of carbonyl (C=O) groups is 1. The molecule has 0 aliphatic carbocycles. The van der Waals surface area contributed by atoms with Gasteiger partial charge < -0.3 is 15.4 Å². The Bertz CT molecular complexity index is 195. The van der Waals surface area contributed by atoms with Crippen LogP contribution in [-0.4, -0.2) is 37.1 Å². The van der Waals surface area contributed by atoms with E-state index in [1.165, 1.54) is 0 Å². The minimum absolute atomic E-state index is 0.360. The largest absolute Gasteiger partial charge is 0.378 e. The molecule has 0 aromatic heterocycles. The Morgan fingerprint density at radius 3 is 2.58 bits per heavy atom. The van der Waals surface area contributed by atoms with Crippen molar-refractivity contribution in [3.8, 4) is 0 Å². The summed E-state index contributed by atoms with van der Waals surface area (Å²) in [5.41, 5.74) is 5.68. The van der Waals surface area contributed by atoms with Gasteiger partial charge in [-0.05, 0) is 6.92 Å². The van der Waals surface area contributed by atoms with Crippen LogP contribution in [0.5, 0.6) is 0 Å². The predicted molar refractivity (Wildman–Crippen MR) is 45.3 cm³/mol. The van der Waals surface area contributed by atoms with Gasteiger partial charge in [-0.2, -0.15) is 0 Å². The molecule has 1 heterocycles. The summed E-state index contributed by atoms with van der Waals surface area (Å²) < 4.78 is 5.15. The van der Waals surface area contributed by atoms with E-state index in [0.29, 0.717) is 5.57 Å². The van der Waals surface area contributed by atoms with Gasteiger partial charge >= 0.3 is 0 Å². The topological polar surface area (TPSA) is 55.6 Å². The molecule has 68 valence electrons. The molecule has 4 nitrogen and oxygen atoms in total. The van der Waals surface area contributed by atoms with Gasteiger partial charge in [0.05, 0.1) is 13.2 Å². The van der Waals surface area contributed by atoms with Gasteiger partial charge in [-0.1, -0.05) is 0 Å². The van der Waals surface area contributed by atoms with E-state index < -0.39 is 0 Å². The standard InChI is InChI=1S/C8H14N2O2/c1-7(8(9)11)6-10-2-4-12-5-3-10/h6H,2-5H2,1H3,(H2,9,11). The molecule has 1 aliphatic heterocycles. The van der Waals surface area contributed by atoms with Crippen LogP contribution in [0.3, 0.4) is 0 Å². The normalized spacial score (nSPS) is 19.4. The molecule has 1 saturated heterocycles. The van der Waals surface area contributed by atoms with E-state index in [2.05, 4.69) is 0 Å². The number of hydrogen-bond donors (Lipinski definition) is 1. The molecule has 0 atom stereocenters. The summed E-state index contributed by atoms with van der Waals surface area (Å²) >= 11 is 0. The molecule has 0 saturated carbocycles. The molecular weight excluding hydrogens is 156 g/mol. The zero-order chi connectivity index (χ0) is 8.97. The van der Waals surface area contributed by atoms with Crippen LogP contribution < -0.4 is 5.73 Å². The maximum absolute atomic E-state index is 10.7. The minimum Gasteiger partial charge on any atom is -0.378 e. The number of primary amides is 1. The van der Waals surface area contributed by atoms with Crippen molar-refractivity contribution in [1.82, 2.24) is 4.90 Å². The van der Waals surface area contributed by atoms with Gasteiger partial charge in [0.2, 0.25) is 5.91 Å². The lowest BCUT2D eigenvalue weighted by Crippen LogP contribution is -2.33. The van der Waals surface area contributed by atoms with Crippen molar-refractivity contribution in [2.24, 2.45) is 5.73 Å². The van der Waals surface area contributed by atoms with Crippen molar-refractivity contribution < 1.29 is 9.53 Å². The molecule has 0 spiro atoms. The zero-order valence-corrected chi connectivity index (χ0v) is 7.25. The lowest BCUT2D eigenvalue weighted by molar-refractivity contribution is -0.114. The number of carbonyl (C=O) groups excluding carboxylic acids is 1. The maximum Gasteiger partial charge on any atom is 0.245 e. The first-order valence-electron chi connectivity index (χ1n) is 4.00. The van der Waals surface area contributed by atoms with E-state index in [9.17, 15) is 4.79 Å². The van der Waals surface area contributed by atoms with Gasteiger partial charge in [0.25, 0.3) is 0 Å². The summed E-state index contributed by atoms with van der Waals surface area (Å²) in [5, 5.41) is 0. The molecule has 0 aromatic rings. The van der Waals surface area contributed by atoms with Gasteiger partial charge in [-0.25, -0.2) is 0 Å². The van der Waals surface area contributed by atoms with E-state index in [1.54, 1.807) is 13.1 Å². The highest BCUT2D eigenvalue weighted by Gasteiger charge is 2.07. The first-order chi connectivity index (χ1) is 5.70. The highest BCUT2D eigenvalue weighted by Crippen LogP contribution is 2.00. The van der Waals surface area contributed by atoms with Crippen LogP contribution in [0.4, 0.5) is 0 Å². The van der Waals surface area contributed by atoms with Crippen molar-refractivity contribution in [2.45, 2.75) is 6.92 Å². The number of rotatable bonds is 2. The average Bonchev–Trinajstić information content (AvgIpc) is 2.06. The Labute approximate surface area is 72.0 Å². The van der Waals surface area contributed by atoms with E-state index >= 15 is 0 Å². The minimum atomic E-state index is -0.360. The molecule has 12 heavy (non-hydrogen) atoms. The number of morpholine rings is 1. The van der Waals surface area contributed by atoms with E-state index in [4.69, 9.17) is 10.5 Å². The fourth-order valence-electron chi connectivity index (χ4n) is 1.04. The van der Waals surface area contributed by atoms with E-state index in [-0.39, 0.29) is 5.91 Å². The van der Waals surface area contributed by atoms with Crippen LogP contribution in [0.2, 0.25) is 0 Å². The first kappa shape index (κ1) is 9.06. The lowest BCUT2D eigenvalue weighted by Gasteiger charge is -2.25. The molecule has 0 unspecified atom stereocenters. The third kappa shape index (κ3) is 2.54. The first-order valence-corrected chi connectivity index (χ1v) is 4.00. The molecular formula is C8H14N2O2. The zero-order valence-electron chi connectivity index (χ0n) is 7.25. The molecule has 0 radical (unpaired) electrons. The molecule has 1 fully saturated rings. The molecule has 4 heteroatoms. The smallest absolute Gasteiger partial charge is 0.245 e. The Kier molecular flexibility index (Phi) is 3.10. The second-order valence-electron chi connectivity index (χ2n) is 2.82. The van der Waals surface area contributed by atoms with Crippen LogP contribution >= 0.6 is 0 Å². The molecule has 1 rings (SSSR count). The van der Waals surface area contributed by atoms with Crippen molar-refractivity contribution in [3.63, 3.8) is 0 Å². The predicted octanol–water partition coefficient (Wildman–Crippen LogP) is -0.292. The Balaban J connectivity index is 2.47. The molecule has 2 N–H and O–H groups in total. The van der Waals surface area contributed by atoms with E-state index in [1.807, 2.05) is 4.90 Å². The van der Waals surface area contributed by atoms with Crippen molar-refractivity contribution in [3.05, 3.63) is 11.8 Å². The van der Waals surface area contributed by atoms with Crippen LogP contribution in [0, 0.1) is 0 Å². The Hall–Kier alpha value is -1.03. The Morgan fingerprint density at radius 1 is 1.50 bits per heavy atom. The van der Waals surface area contributed by atoms with Gasteiger partial charge in [0.1, 0.15) is 0 Å². The van der Waals surface area contributed by atoms with Crippen LogP contribution in [0.25, 0.3) is 0 Å². The molecule has 0 aromatic carbocycles. The Morgan fingerprint density at radius 2 is 2.08 bits per heavy atom. The fourth-order valence-corrected chi connectivity index (χ4v) is 1.04. The van der Waals surface area contributed by atoms with Crippen LogP contribution in [0.15, 0.2) is 11.8 Å². The summed E-state index contributed by atoms with van der Waals surface area (Å²) in [6.07, 6.45) is 1.80. The van der Waals surface area contributed by atoms with Crippen molar-refractivity contribution in [1.29, 1.82) is 0 Å². The summed E-state index contributed by atoms with van der Waals surface area (Å²) in [6, 6.07) is 0. The summed E-state index contributed by atoms with van der Waals surface area (Å²) in [5.74, 6) is -0.360. The van der Waals surface area contributed by atoms with Gasteiger partial charge in [-0.15, -0.1) is 0 Å². The second kappa shape index (κ2) is 4.11. The number of amides is 1. The third-order valence-electron chi connectivity index (χ3n) is 1.81. The maximum atomic E-state index is 10.7. The molecule has 0 bridgehead atoms. The van der Waals surface area contributed by atoms with E-state index in [0.717, 1.165) is 26.3 Å². The van der Waals surface area contributed by atoms with Crippen molar-refractivity contribution >= 4 is 5.91 Å². The van der Waals surface area contributed by atoms with Gasteiger partial charge in [0, 0.05) is 24.9 Å². The number of nitrogens with zero attached hydrogens (tertiary/aromatic N) is 1. The number of hydrogen-bond acceptors (Lipinski definition) is 3. The SMILES string of the molecule is CC(=CN1CCOCC1)C(N)=O. The third-order valence-corrected chi connectivity index (χ3v) is 1.81. The highest BCUT2D eigenvalue weighted by molar-refractivity contribution is 5.91. The summed E-state index contributed by atoms with van der Waals surface area (Å²) in [4.78, 5) is 12.7. The number of nitrogens with two attached hydrogens (primary N) is 1. The second-order valence-corrected chi connectivity index (χ2v) is 2.82. The van der Waals surface area contributed by atoms with Crippen molar-refractivity contribution in [2.75, 3.05) is 26.3 Å². The van der Waals surface area contributed by atoms with Crippen LogP contribution in [0.1, 0.15) is 6.92 Å². The summed E-state index contributed by atoms with van der Waals surface area (Å²) in [6.45, 7) is 4.85. The lowest BCUT2D eigenvalue weighted by atomic mass is 10.3. The number of ether oxygens (including phenoxy) is 1. The quantitative estimate of drug-likeness (QED) is 0.579.